The minimum absolute atomic E-state index is 0.0976. The average Bonchev–Trinajstić information content (AvgIpc) is 2.94. The SMILES string of the molecule is C#CCCCC12CC[C@@]3(N)C(CC[C@H]4CC(C)CCC43C)[C@@H]1CCC2C. The maximum absolute atomic E-state index is 7.48. The standard InChI is InChI=1S/C25H41N/c1-5-6-7-13-24-15-16-25(26)22(21(24)10-8-19(24)3)11-9-20-17-18(2)12-14-23(20,25)4/h1,18-22H,6-17,26H2,2-4H3/t18?,19?,20-,21-,22?,23?,24?,25+/m0/s1. The minimum Gasteiger partial charge on any atom is -0.324 e. The molecule has 0 bridgehead atoms. The van der Waals surface area contributed by atoms with Gasteiger partial charge in [0.1, 0.15) is 0 Å². The molecule has 0 radical (unpaired) electrons. The molecule has 2 N–H and O–H groups in total. The summed E-state index contributed by atoms with van der Waals surface area (Å²) in [5, 5.41) is 0. The summed E-state index contributed by atoms with van der Waals surface area (Å²) in [6.45, 7) is 7.60. The quantitative estimate of drug-likeness (QED) is 0.476. The fraction of sp³-hybridized carbons (Fsp3) is 0.920. The van der Waals surface area contributed by atoms with Crippen molar-refractivity contribution in [3.8, 4) is 12.3 Å². The average molecular weight is 356 g/mol. The van der Waals surface area contributed by atoms with Crippen LogP contribution < -0.4 is 5.73 Å². The summed E-state index contributed by atoms with van der Waals surface area (Å²) >= 11 is 0. The van der Waals surface area contributed by atoms with Gasteiger partial charge in [-0.1, -0.05) is 27.2 Å². The Bertz CT molecular complexity index is 575. The third-order valence-electron chi connectivity index (χ3n) is 10.4. The molecule has 0 saturated heterocycles. The number of rotatable bonds is 3. The van der Waals surface area contributed by atoms with Crippen LogP contribution in [0.15, 0.2) is 0 Å². The lowest BCUT2D eigenvalue weighted by atomic mass is 9.40. The van der Waals surface area contributed by atoms with Crippen LogP contribution in [0.5, 0.6) is 0 Å². The molecular formula is C25H41N. The maximum atomic E-state index is 7.48. The summed E-state index contributed by atoms with van der Waals surface area (Å²) in [5.41, 5.74) is 8.52. The van der Waals surface area contributed by atoms with Crippen LogP contribution in [-0.4, -0.2) is 5.54 Å². The van der Waals surface area contributed by atoms with Gasteiger partial charge in [0.15, 0.2) is 0 Å². The topological polar surface area (TPSA) is 26.0 Å². The van der Waals surface area contributed by atoms with E-state index in [9.17, 15) is 0 Å². The molecule has 26 heavy (non-hydrogen) atoms. The highest BCUT2D eigenvalue weighted by Crippen LogP contribution is 2.69. The van der Waals surface area contributed by atoms with Crippen molar-refractivity contribution in [3.63, 3.8) is 0 Å². The molecule has 0 aromatic heterocycles. The summed E-state index contributed by atoms with van der Waals surface area (Å²) in [6, 6.07) is 0. The molecular weight excluding hydrogens is 314 g/mol. The third kappa shape index (κ3) is 2.47. The Morgan fingerprint density at radius 1 is 1.00 bits per heavy atom. The molecule has 5 unspecified atom stereocenters. The molecule has 0 spiro atoms. The monoisotopic (exact) mass is 355 g/mol. The van der Waals surface area contributed by atoms with Gasteiger partial charge < -0.3 is 5.73 Å². The van der Waals surface area contributed by atoms with Crippen LogP contribution in [0.3, 0.4) is 0 Å². The Morgan fingerprint density at radius 3 is 2.54 bits per heavy atom. The number of unbranched alkanes of at least 4 members (excludes halogenated alkanes) is 1. The van der Waals surface area contributed by atoms with Gasteiger partial charge in [-0.25, -0.2) is 0 Å². The van der Waals surface area contributed by atoms with Gasteiger partial charge in [0, 0.05) is 12.0 Å². The Hall–Kier alpha value is -0.480. The van der Waals surface area contributed by atoms with Crippen molar-refractivity contribution in [3.05, 3.63) is 0 Å². The van der Waals surface area contributed by atoms with E-state index < -0.39 is 0 Å². The van der Waals surface area contributed by atoms with Crippen LogP contribution in [0.1, 0.15) is 97.8 Å². The van der Waals surface area contributed by atoms with E-state index >= 15 is 0 Å². The molecule has 0 aliphatic heterocycles. The number of terminal acetylenes is 1. The summed E-state index contributed by atoms with van der Waals surface area (Å²) in [7, 11) is 0. The van der Waals surface area contributed by atoms with Crippen molar-refractivity contribution >= 4 is 0 Å². The van der Waals surface area contributed by atoms with E-state index in [-0.39, 0.29) is 5.54 Å². The van der Waals surface area contributed by atoms with Gasteiger partial charge in [0.25, 0.3) is 0 Å². The first-order valence-electron chi connectivity index (χ1n) is 11.6. The minimum atomic E-state index is 0.0976. The summed E-state index contributed by atoms with van der Waals surface area (Å²) < 4.78 is 0. The van der Waals surface area contributed by atoms with Gasteiger partial charge in [0.2, 0.25) is 0 Å². The first-order chi connectivity index (χ1) is 12.4. The van der Waals surface area contributed by atoms with Gasteiger partial charge in [-0.3, -0.25) is 0 Å². The second-order valence-corrected chi connectivity index (χ2v) is 11.1. The lowest BCUT2D eigenvalue weighted by molar-refractivity contribution is -0.139. The van der Waals surface area contributed by atoms with Crippen LogP contribution in [0.4, 0.5) is 0 Å². The zero-order valence-corrected chi connectivity index (χ0v) is 17.5. The van der Waals surface area contributed by atoms with Crippen LogP contribution in [0, 0.1) is 52.8 Å². The first kappa shape index (κ1) is 18.9. The van der Waals surface area contributed by atoms with E-state index in [2.05, 4.69) is 26.7 Å². The molecule has 146 valence electrons. The summed E-state index contributed by atoms with van der Waals surface area (Å²) in [4.78, 5) is 0. The van der Waals surface area contributed by atoms with Crippen LogP contribution in [0.2, 0.25) is 0 Å². The normalized spacial score (nSPS) is 53.3. The van der Waals surface area contributed by atoms with Crippen LogP contribution in [-0.2, 0) is 0 Å². The second-order valence-electron chi connectivity index (χ2n) is 11.1. The van der Waals surface area contributed by atoms with Crippen molar-refractivity contribution in [1.29, 1.82) is 0 Å². The second kappa shape index (κ2) is 6.55. The molecule has 1 heteroatoms. The Kier molecular flexibility index (Phi) is 4.75. The number of fused-ring (bicyclic) bond motifs is 5. The largest absolute Gasteiger partial charge is 0.324 e. The highest BCUT2D eigenvalue weighted by molar-refractivity contribution is 5.19. The van der Waals surface area contributed by atoms with Crippen LogP contribution >= 0.6 is 0 Å². The fourth-order valence-corrected chi connectivity index (χ4v) is 8.68. The van der Waals surface area contributed by atoms with E-state index in [4.69, 9.17) is 12.2 Å². The van der Waals surface area contributed by atoms with Gasteiger partial charge in [0.05, 0.1) is 0 Å². The highest BCUT2D eigenvalue weighted by Gasteiger charge is 2.65. The van der Waals surface area contributed by atoms with Crippen molar-refractivity contribution in [2.24, 2.45) is 46.2 Å². The maximum Gasteiger partial charge on any atom is 0.0243 e. The third-order valence-corrected chi connectivity index (χ3v) is 10.4. The zero-order chi connectivity index (χ0) is 18.6. The molecule has 0 aromatic rings. The molecule has 0 amide bonds. The van der Waals surface area contributed by atoms with Gasteiger partial charge in [-0.2, -0.15) is 0 Å². The predicted octanol–water partition coefficient (Wildman–Crippen LogP) is 6.17. The van der Waals surface area contributed by atoms with Crippen molar-refractivity contribution in [2.75, 3.05) is 0 Å². The molecule has 4 saturated carbocycles. The van der Waals surface area contributed by atoms with E-state index in [1.165, 1.54) is 70.6 Å². The highest BCUT2D eigenvalue weighted by atomic mass is 14.9. The van der Waals surface area contributed by atoms with Crippen molar-refractivity contribution in [2.45, 2.75) is 103 Å². The fourth-order valence-electron chi connectivity index (χ4n) is 8.68. The zero-order valence-electron chi connectivity index (χ0n) is 17.5. The Balaban J connectivity index is 1.63. The molecule has 4 rings (SSSR count). The number of hydrogen-bond donors (Lipinski definition) is 1. The van der Waals surface area contributed by atoms with E-state index in [0.29, 0.717) is 10.8 Å². The summed E-state index contributed by atoms with van der Waals surface area (Å²) in [5.74, 6) is 7.17. The van der Waals surface area contributed by atoms with E-state index in [1.54, 1.807) is 0 Å². The molecule has 8 atom stereocenters. The first-order valence-corrected chi connectivity index (χ1v) is 11.6. The molecule has 4 fully saturated rings. The van der Waals surface area contributed by atoms with Gasteiger partial charge in [-0.15, -0.1) is 12.3 Å². The molecule has 4 aliphatic carbocycles. The van der Waals surface area contributed by atoms with Crippen LogP contribution in [0.25, 0.3) is 0 Å². The smallest absolute Gasteiger partial charge is 0.0243 e. The van der Waals surface area contributed by atoms with Gasteiger partial charge >= 0.3 is 0 Å². The Morgan fingerprint density at radius 2 is 1.77 bits per heavy atom. The Labute approximate surface area is 162 Å². The van der Waals surface area contributed by atoms with E-state index in [1.807, 2.05) is 0 Å². The number of hydrogen-bond acceptors (Lipinski definition) is 1. The molecule has 0 heterocycles. The predicted molar refractivity (Wildman–Crippen MR) is 110 cm³/mol. The molecule has 0 aromatic carbocycles. The summed E-state index contributed by atoms with van der Waals surface area (Å²) in [6.07, 6.45) is 21.6. The molecule has 1 nitrogen and oxygen atoms in total. The number of nitrogens with two attached hydrogens (primary N) is 1. The lowest BCUT2D eigenvalue weighted by Crippen LogP contribution is -2.70. The van der Waals surface area contributed by atoms with E-state index in [0.717, 1.165) is 36.0 Å². The van der Waals surface area contributed by atoms with Crippen molar-refractivity contribution in [1.82, 2.24) is 0 Å². The molecule has 4 aliphatic rings. The lowest BCUT2D eigenvalue weighted by Gasteiger charge is -2.67. The van der Waals surface area contributed by atoms with Crippen molar-refractivity contribution < 1.29 is 0 Å². The van der Waals surface area contributed by atoms with Gasteiger partial charge in [-0.05, 0) is 105 Å².